The van der Waals surface area contributed by atoms with Gasteiger partial charge in [-0.3, -0.25) is 14.8 Å². The van der Waals surface area contributed by atoms with Crippen LogP contribution in [0.1, 0.15) is 24.6 Å². The van der Waals surface area contributed by atoms with E-state index in [1.807, 2.05) is 39.1 Å². The van der Waals surface area contributed by atoms with E-state index in [0.29, 0.717) is 23.2 Å². The van der Waals surface area contributed by atoms with Crippen LogP contribution in [-0.2, 0) is 7.05 Å². The lowest BCUT2D eigenvalue weighted by molar-refractivity contribution is 0.783. The van der Waals surface area contributed by atoms with E-state index in [4.69, 9.17) is 0 Å². The molecule has 0 aliphatic rings. The van der Waals surface area contributed by atoms with Gasteiger partial charge in [-0.2, -0.15) is 10.2 Å². The Bertz CT molecular complexity index is 1020. The second-order valence-corrected chi connectivity index (χ2v) is 5.76. The molecule has 2 N–H and O–H groups in total. The van der Waals surface area contributed by atoms with Gasteiger partial charge in [-0.1, -0.05) is 6.07 Å². The standard InChI is InChI=1S/C16H17N9/c1-9(13-20-10(2)23-24-13)19-14-11-8-18-25(3)16(11)22-15(21-14)12-6-4-5-7-17-12/h4-9H,1-3H3,(H,19,21,22)(H,20,23,24). The van der Waals surface area contributed by atoms with Crippen LogP contribution in [0.15, 0.2) is 30.6 Å². The second-order valence-electron chi connectivity index (χ2n) is 5.76. The van der Waals surface area contributed by atoms with Crippen molar-refractivity contribution in [2.75, 3.05) is 5.32 Å². The van der Waals surface area contributed by atoms with Crippen LogP contribution >= 0.6 is 0 Å². The third-order valence-electron chi connectivity index (χ3n) is 3.84. The number of fused-ring (bicyclic) bond motifs is 1. The van der Waals surface area contributed by atoms with Crippen molar-refractivity contribution >= 4 is 16.9 Å². The molecule has 0 spiro atoms. The quantitative estimate of drug-likeness (QED) is 0.587. The van der Waals surface area contributed by atoms with Crippen LogP contribution in [0.4, 0.5) is 5.82 Å². The number of rotatable bonds is 4. The van der Waals surface area contributed by atoms with E-state index in [-0.39, 0.29) is 6.04 Å². The van der Waals surface area contributed by atoms with E-state index in [1.54, 1.807) is 17.1 Å². The van der Waals surface area contributed by atoms with E-state index < -0.39 is 0 Å². The molecular weight excluding hydrogens is 318 g/mol. The van der Waals surface area contributed by atoms with Crippen LogP contribution in [0.25, 0.3) is 22.6 Å². The zero-order chi connectivity index (χ0) is 17.4. The lowest BCUT2D eigenvalue weighted by atomic mass is 10.2. The summed E-state index contributed by atoms with van der Waals surface area (Å²) in [7, 11) is 1.85. The Hall–Kier alpha value is -3.36. The number of pyridine rings is 1. The average Bonchev–Trinajstić information content (AvgIpc) is 3.22. The fraction of sp³-hybridized carbons (Fsp3) is 0.250. The molecule has 0 saturated heterocycles. The van der Waals surface area contributed by atoms with Crippen molar-refractivity contribution in [2.24, 2.45) is 7.05 Å². The van der Waals surface area contributed by atoms with E-state index in [0.717, 1.165) is 16.9 Å². The summed E-state index contributed by atoms with van der Waals surface area (Å²) in [4.78, 5) is 18.0. The van der Waals surface area contributed by atoms with Gasteiger partial charge in [0.2, 0.25) is 0 Å². The number of nitrogens with zero attached hydrogens (tertiary/aromatic N) is 7. The highest BCUT2D eigenvalue weighted by Crippen LogP contribution is 2.26. The Labute approximate surface area is 143 Å². The zero-order valence-corrected chi connectivity index (χ0v) is 14.1. The molecule has 0 aliphatic carbocycles. The van der Waals surface area contributed by atoms with Gasteiger partial charge in [0, 0.05) is 13.2 Å². The Kier molecular flexibility index (Phi) is 3.60. The first-order valence-corrected chi connectivity index (χ1v) is 7.88. The third-order valence-corrected chi connectivity index (χ3v) is 3.84. The molecule has 0 radical (unpaired) electrons. The summed E-state index contributed by atoms with van der Waals surface area (Å²) in [6.45, 7) is 3.85. The minimum Gasteiger partial charge on any atom is -0.360 e. The SMILES string of the molecule is Cc1nc(C(C)Nc2nc(-c3ccccn3)nc3c2cnn3C)n[nH]1. The van der Waals surface area contributed by atoms with Gasteiger partial charge in [0.1, 0.15) is 17.3 Å². The first-order valence-electron chi connectivity index (χ1n) is 7.88. The predicted molar refractivity (Wildman–Crippen MR) is 92.7 cm³/mol. The molecule has 126 valence electrons. The first-order chi connectivity index (χ1) is 12.1. The highest BCUT2D eigenvalue weighted by molar-refractivity contribution is 5.88. The molecule has 25 heavy (non-hydrogen) atoms. The van der Waals surface area contributed by atoms with E-state index in [9.17, 15) is 0 Å². The molecule has 4 heterocycles. The number of aryl methyl sites for hydroxylation is 2. The maximum Gasteiger partial charge on any atom is 0.182 e. The number of H-pyrrole nitrogens is 1. The molecule has 1 atom stereocenters. The topological polar surface area (TPSA) is 110 Å². The van der Waals surface area contributed by atoms with Crippen molar-refractivity contribution in [3.63, 3.8) is 0 Å². The predicted octanol–water partition coefficient (Wildman–Crippen LogP) is 2.02. The number of anilines is 1. The van der Waals surface area contributed by atoms with Crippen molar-refractivity contribution < 1.29 is 0 Å². The first kappa shape index (κ1) is 15.2. The summed E-state index contributed by atoms with van der Waals surface area (Å²) in [5.74, 6) is 2.66. The van der Waals surface area contributed by atoms with Gasteiger partial charge >= 0.3 is 0 Å². The average molecular weight is 335 g/mol. The largest absolute Gasteiger partial charge is 0.360 e. The zero-order valence-electron chi connectivity index (χ0n) is 14.1. The molecule has 0 saturated carbocycles. The second kappa shape index (κ2) is 5.93. The van der Waals surface area contributed by atoms with Gasteiger partial charge in [0.15, 0.2) is 17.3 Å². The molecule has 0 aromatic carbocycles. The summed E-state index contributed by atoms with van der Waals surface area (Å²) in [5, 5.41) is 15.5. The van der Waals surface area contributed by atoms with E-state index >= 15 is 0 Å². The van der Waals surface area contributed by atoms with Crippen LogP contribution in [0.5, 0.6) is 0 Å². The molecular formula is C16H17N9. The van der Waals surface area contributed by atoms with Gasteiger partial charge in [-0.25, -0.2) is 15.0 Å². The fourth-order valence-electron chi connectivity index (χ4n) is 2.57. The van der Waals surface area contributed by atoms with Crippen molar-refractivity contribution in [2.45, 2.75) is 19.9 Å². The van der Waals surface area contributed by atoms with Crippen LogP contribution < -0.4 is 5.32 Å². The Balaban J connectivity index is 1.79. The monoisotopic (exact) mass is 335 g/mol. The Morgan fingerprint density at radius 1 is 1.20 bits per heavy atom. The van der Waals surface area contributed by atoms with Gasteiger partial charge < -0.3 is 5.32 Å². The molecule has 0 fully saturated rings. The Morgan fingerprint density at radius 2 is 2.08 bits per heavy atom. The maximum absolute atomic E-state index is 4.65. The summed E-state index contributed by atoms with van der Waals surface area (Å²) in [5.41, 5.74) is 1.44. The fourth-order valence-corrected chi connectivity index (χ4v) is 2.57. The smallest absolute Gasteiger partial charge is 0.182 e. The molecule has 9 heteroatoms. The van der Waals surface area contributed by atoms with Gasteiger partial charge in [0.25, 0.3) is 0 Å². The number of hydrogen-bond acceptors (Lipinski definition) is 7. The van der Waals surface area contributed by atoms with Crippen LogP contribution in [0.3, 0.4) is 0 Å². The summed E-state index contributed by atoms with van der Waals surface area (Å²) >= 11 is 0. The third kappa shape index (κ3) is 2.80. The van der Waals surface area contributed by atoms with E-state index in [1.165, 1.54) is 0 Å². The summed E-state index contributed by atoms with van der Waals surface area (Å²) in [6.07, 6.45) is 3.47. The summed E-state index contributed by atoms with van der Waals surface area (Å²) < 4.78 is 1.72. The van der Waals surface area contributed by atoms with Gasteiger partial charge in [-0.15, -0.1) is 0 Å². The maximum atomic E-state index is 4.65. The van der Waals surface area contributed by atoms with Crippen LogP contribution in [-0.4, -0.2) is 39.9 Å². The van der Waals surface area contributed by atoms with Crippen molar-refractivity contribution in [1.29, 1.82) is 0 Å². The van der Waals surface area contributed by atoms with Crippen molar-refractivity contribution in [1.82, 2.24) is 39.9 Å². The minimum absolute atomic E-state index is 0.125. The normalized spacial score (nSPS) is 12.4. The van der Waals surface area contributed by atoms with Gasteiger partial charge in [-0.05, 0) is 26.0 Å². The lowest BCUT2D eigenvalue weighted by Crippen LogP contribution is -2.11. The van der Waals surface area contributed by atoms with Crippen LogP contribution in [0, 0.1) is 6.92 Å². The van der Waals surface area contributed by atoms with Crippen LogP contribution in [0.2, 0.25) is 0 Å². The van der Waals surface area contributed by atoms with Crippen molar-refractivity contribution in [3.8, 4) is 11.5 Å². The highest BCUT2D eigenvalue weighted by Gasteiger charge is 2.17. The minimum atomic E-state index is -0.125. The number of hydrogen-bond donors (Lipinski definition) is 2. The molecule has 4 aromatic rings. The molecule has 0 aliphatic heterocycles. The number of aromatic nitrogens is 8. The molecule has 4 aromatic heterocycles. The van der Waals surface area contributed by atoms with Gasteiger partial charge in [0.05, 0.1) is 17.6 Å². The molecule has 4 rings (SSSR count). The number of aromatic amines is 1. The van der Waals surface area contributed by atoms with Crippen molar-refractivity contribution in [3.05, 3.63) is 42.2 Å². The molecule has 0 bridgehead atoms. The Morgan fingerprint density at radius 3 is 2.80 bits per heavy atom. The summed E-state index contributed by atoms with van der Waals surface area (Å²) in [6, 6.07) is 5.52. The molecule has 9 nitrogen and oxygen atoms in total. The van der Waals surface area contributed by atoms with E-state index in [2.05, 4.69) is 40.5 Å². The molecule has 1 unspecified atom stereocenters. The highest BCUT2D eigenvalue weighted by atomic mass is 15.3. The molecule has 0 amide bonds. The lowest BCUT2D eigenvalue weighted by Gasteiger charge is -2.13. The number of nitrogens with one attached hydrogen (secondary N) is 2.